The summed E-state index contributed by atoms with van der Waals surface area (Å²) in [6.07, 6.45) is 1.09. The van der Waals surface area contributed by atoms with Gasteiger partial charge in [-0.15, -0.1) is 0 Å². The smallest absolute Gasteiger partial charge is 0.138 e. The van der Waals surface area contributed by atoms with Crippen LogP contribution in [0.25, 0.3) is 0 Å². The molecule has 120 valence electrons. The molecule has 1 rings (SSSR count). The molecule has 21 heavy (non-hydrogen) atoms. The Hall–Kier alpha value is -1.36. The number of rotatable bonds is 7. The molecule has 0 saturated carbocycles. The number of nitrogen functional groups attached to an aromatic ring is 1. The minimum absolute atomic E-state index is 0.119. The van der Waals surface area contributed by atoms with Crippen molar-refractivity contribution in [1.82, 2.24) is 9.97 Å². The second kappa shape index (κ2) is 7.59. The fourth-order valence-electron chi connectivity index (χ4n) is 1.70. The number of anilines is 2. The van der Waals surface area contributed by atoms with Crippen molar-refractivity contribution in [1.29, 1.82) is 0 Å². The third kappa shape index (κ3) is 5.87. The second-order valence-electron chi connectivity index (χ2n) is 6.88. The van der Waals surface area contributed by atoms with Gasteiger partial charge in [0.1, 0.15) is 17.5 Å². The SMILES string of the molecule is Cc1c(N)nc(C(C)(C)C)nc1NCCOCCC(C)C. The van der Waals surface area contributed by atoms with Gasteiger partial charge in [-0.2, -0.15) is 0 Å². The van der Waals surface area contributed by atoms with Gasteiger partial charge in [-0.1, -0.05) is 34.6 Å². The number of hydrogen-bond acceptors (Lipinski definition) is 5. The van der Waals surface area contributed by atoms with Crippen LogP contribution in [0, 0.1) is 12.8 Å². The second-order valence-corrected chi connectivity index (χ2v) is 6.88. The maximum absolute atomic E-state index is 5.98. The molecule has 0 unspecified atom stereocenters. The minimum atomic E-state index is -0.119. The van der Waals surface area contributed by atoms with Crippen LogP contribution in [-0.4, -0.2) is 29.7 Å². The van der Waals surface area contributed by atoms with Crippen LogP contribution in [0.3, 0.4) is 0 Å². The average molecular weight is 294 g/mol. The van der Waals surface area contributed by atoms with Gasteiger partial charge >= 0.3 is 0 Å². The summed E-state index contributed by atoms with van der Waals surface area (Å²) in [6, 6.07) is 0. The largest absolute Gasteiger partial charge is 0.383 e. The summed E-state index contributed by atoms with van der Waals surface area (Å²) in [6.45, 7) is 14.8. The summed E-state index contributed by atoms with van der Waals surface area (Å²) < 4.78 is 5.60. The molecule has 0 amide bonds. The zero-order valence-corrected chi connectivity index (χ0v) is 14.3. The highest BCUT2D eigenvalue weighted by Gasteiger charge is 2.20. The third-order valence-corrected chi connectivity index (χ3v) is 3.23. The number of nitrogens with two attached hydrogens (primary N) is 1. The Morgan fingerprint density at radius 1 is 1.19 bits per heavy atom. The van der Waals surface area contributed by atoms with Gasteiger partial charge in [-0.25, -0.2) is 9.97 Å². The molecular weight excluding hydrogens is 264 g/mol. The topological polar surface area (TPSA) is 73.1 Å². The first kappa shape index (κ1) is 17.7. The van der Waals surface area contributed by atoms with Crippen molar-refractivity contribution in [2.24, 2.45) is 5.92 Å². The van der Waals surface area contributed by atoms with Crippen molar-refractivity contribution in [2.45, 2.75) is 53.4 Å². The number of aromatic nitrogens is 2. The van der Waals surface area contributed by atoms with E-state index in [0.29, 0.717) is 18.3 Å². The van der Waals surface area contributed by atoms with E-state index in [2.05, 4.69) is 49.9 Å². The molecule has 0 aliphatic carbocycles. The third-order valence-electron chi connectivity index (χ3n) is 3.23. The number of nitrogens with one attached hydrogen (secondary N) is 1. The maximum Gasteiger partial charge on any atom is 0.138 e. The van der Waals surface area contributed by atoms with Crippen LogP contribution in [0.4, 0.5) is 11.6 Å². The normalized spacial score (nSPS) is 12.0. The first-order chi connectivity index (χ1) is 9.71. The molecule has 0 saturated heterocycles. The fourth-order valence-corrected chi connectivity index (χ4v) is 1.70. The van der Waals surface area contributed by atoms with Crippen LogP contribution >= 0.6 is 0 Å². The van der Waals surface area contributed by atoms with Gasteiger partial charge in [-0.05, 0) is 19.3 Å². The van der Waals surface area contributed by atoms with Crippen molar-refractivity contribution in [2.75, 3.05) is 30.8 Å². The van der Waals surface area contributed by atoms with Gasteiger partial charge in [0.15, 0.2) is 0 Å². The van der Waals surface area contributed by atoms with Crippen molar-refractivity contribution in [3.8, 4) is 0 Å². The monoisotopic (exact) mass is 294 g/mol. The molecule has 0 aliphatic rings. The van der Waals surface area contributed by atoms with Crippen LogP contribution < -0.4 is 11.1 Å². The van der Waals surface area contributed by atoms with Gasteiger partial charge in [0.25, 0.3) is 0 Å². The Morgan fingerprint density at radius 2 is 1.86 bits per heavy atom. The van der Waals surface area contributed by atoms with E-state index < -0.39 is 0 Å². The Bertz CT molecular complexity index is 452. The van der Waals surface area contributed by atoms with E-state index in [1.54, 1.807) is 0 Å². The number of nitrogens with zero attached hydrogens (tertiary/aromatic N) is 2. The van der Waals surface area contributed by atoms with Gasteiger partial charge in [0, 0.05) is 24.1 Å². The van der Waals surface area contributed by atoms with Crippen LogP contribution in [0.2, 0.25) is 0 Å². The summed E-state index contributed by atoms with van der Waals surface area (Å²) in [7, 11) is 0. The lowest BCUT2D eigenvalue weighted by Crippen LogP contribution is -2.20. The standard InChI is InChI=1S/C16H30N4O/c1-11(2)7-9-21-10-8-18-14-12(3)13(17)19-15(20-14)16(4,5)6/h11H,7-10H2,1-6H3,(H3,17,18,19,20). The first-order valence-corrected chi connectivity index (χ1v) is 7.68. The highest BCUT2D eigenvalue weighted by Crippen LogP contribution is 2.24. The maximum atomic E-state index is 5.98. The molecule has 1 heterocycles. The van der Waals surface area contributed by atoms with Gasteiger partial charge < -0.3 is 15.8 Å². The highest BCUT2D eigenvalue weighted by molar-refractivity contribution is 5.55. The lowest BCUT2D eigenvalue weighted by atomic mass is 9.95. The quantitative estimate of drug-likeness (QED) is 0.756. The summed E-state index contributed by atoms with van der Waals surface area (Å²) in [5, 5.41) is 3.30. The van der Waals surface area contributed by atoms with Gasteiger partial charge in [0.05, 0.1) is 6.61 Å². The summed E-state index contributed by atoms with van der Waals surface area (Å²) in [4.78, 5) is 8.97. The lowest BCUT2D eigenvalue weighted by Gasteiger charge is -2.19. The molecular formula is C16H30N4O. The summed E-state index contributed by atoms with van der Waals surface area (Å²) in [5.74, 6) is 2.78. The first-order valence-electron chi connectivity index (χ1n) is 7.68. The van der Waals surface area contributed by atoms with E-state index >= 15 is 0 Å². The molecule has 1 aromatic rings. The van der Waals surface area contributed by atoms with E-state index in [1.807, 2.05) is 6.92 Å². The molecule has 0 aromatic carbocycles. The van der Waals surface area contributed by atoms with Gasteiger partial charge in [-0.3, -0.25) is 0 Å². The molecule has 1 aromatic heterocycles. The molecule has 0 atom stereocenters. The molecule has 5 nitrogen and oxygen atoms in total. The predicted molar refractivity (Wildman–Crippen MR) is 88.6 cm³/mol. The average Bonchev–Trinajstić information content (AvgIpc) is 2.36. The molecule has 3 N–H and O–H groups in total. The highest BCUT2D eigenvalue weighted by atomic mass is 16.5. The fraction of sp³-hybridized carbons (Fsp3) is 0.750. The Kier molecular flexibility index (Phi) is 6.40. The van der Waals surface area contributed by atoms with E-state index in [0.717, 1.165) is 36.8 Å². The lowest BCUT2D eigenvalue weighted by molar-refractivity contribution is 0.132. The molecule has 5 heteroatoms. The summed E-state index contributed by atoms with van der Waals surface area (Å²) >= 11 is 0. The van der Waals surface area contributed by atoms with Crippen LogP contribution in [0.1, 0.15) is 52.4 Å². The van der Waals surface area contributed by atoms with E-state index in [1.165, 1.54) is 0 Å². The Morgan fingerprint density at radius 3 is 2.43 bits per heavy atom. The molecule has 0 spiro atoms. The van der Waals surface area contributed by atoms with E-state index in [9.17, 15) is 0 Å². The van der Waals surface area contributed by atoms with Crippen molar-refractivity contribution in [3.63, 3.8) is 0 Å². The zero-order chi connectivity index (χ0) is 16.0. The molecule has 0 bridgehead atoms. The Balaban J connectivity index is 2.56. The predicted octanol–water partition coefficient (Wildman–Crippen LogP) is 3.14. The van der Waals surface area contributed by atoms with Crippen molar-refractivity contribution < 1.29 is 4.74 Å². The Labute approximate surface area is 128 Å². The van der Waals surface area contributed by atoms with E-state index in [-0.39, 0.29) is 5.41 Å². The van der Waals surface area contributed by atoms with Crippen LogP contribution in [0.15, 0.2) is 0 Å². The zero-order valence-electron chi connectivity index (χ0n) is 14.3. The van der Waals surface area contributed by atoms with Crippen molar-refractivity contribution in [3.05, 3.63) is 11.4 Å². The molecule has 0 radical (unpaired) electrons. The molecule has 0 aliphatic heterocycles. The number of hydrogen-bond donors (Lipinski definition) is 2. The summed E-state index contributed by atoms with van der Waals surface area (Å²) in [5.41, 5.74) is 6.76. The minimum Gasteiger partial charge on any atom is -0.383 e. The van der Waals surface area contributed by atoms with Crippen LogP contribution in [0.5, 0.6) is 0 Å². The molecule has 0 fully saturated rings. The van der Waals surface area contributed by atoms with E-state index in [4.69, 9.17) is 10.5 Å². The number of ether oxygens (including phenoxy) is 1. The van der Waals surface area contributed by atoms with Crippen LogP contribution in [-0.2, 0) is 10.2 Å². The van der Waals surface area contributed by atoms with Gasteiger partial charge in [0.2, 0.25) is 0 Å². The van der Waals surface area contributed by atoms with Crippen molar-refractivity contribution >= 4 is 11.6 Å².